The number of aromatic nitrogens is 3. The van der Waals surface area contributed by atoms with E-state index < -0.39 is 0 Å². The lowest BCUT2D eigenvalue weighted by molar-refractivity contribution is 0.433. The largest absolute Gasteiger partial charge is 0.423 e. The second-order valence-corrected chi connectivity index (χ2v) is 4.74. The van der Waals surface area contributed by atoms with Crippen LogP contribution in [0.25, 0.3) is 5.69 Å². The molecule has 0 spiro atoms. The molecule has 3 aromatic rings. The van der Waals surface area contributed by atoms with Gasteiger partial charge >= 0.3 is 6.01 Å². The Morgan fingerprint density at radius 1 is 1.05 bits per heavy atom. The minimum atomic E-state index is -0.114. The van der Waals surface area contributed by atoms with Gasteiger partial charge in [-0.05, 0) is 25.1 Å². The lowest BCUT2D eigenvalue weighted by Gasteiger charge is -2.11. The molecular formula is C16H16N4O. The number of ether oxygens (including phenoxy) is 1. The van der Waals surface area contributed by atoms with Crippen LogP contribution in [0.5, 0.6) is 11.8 Å². The van der Waals surface area contributed by atoms with E-state index in [0.717, 1.165) is 11.3 Å². The summed E-state index contributed by atoms with van der Waals surface area (Å²) in [4.78, 5) is 4.18. The van der Waals surface area contributed by atoms with Crippen molar-refractivity contribution >= 4 is 0 Å². The minimum Gasteiger partial charge on any atom is -0.423 e. The molecule has 0 saturated heterocycles. The quantitative estimate of drug-likeness (QED) is 0.797. The van der Waals surface area contributed by atoms with Crippen molar-refractivity contribution in [2.24, 2.45) is 5.73 Å². The molecule has 2 aromatic carbocycles. The summed E-state index contributed by atoms with van der Waals surface area (Å²) in [5, 5.41) is 4.32. The Morgan fingerprint density at radius 2 is 1.76 bits per heavy atom. The van der Waals surface area contributed by atoms with E-state index in [2.05, 4.69) is 10.1 Å². The summed E-state index contributed by atoms with van der Waals surface area (Å²) in [6, 6.07) is 17.6. The molecule has 0 aliphatic rings. The predicted octanol–water partition coefficient (Wildman–Crippen LogP) is 3.08. The molecule has 0 bridgehead atoms. The molecular weight excluding hydrogens is 264 g/mol. The average molecular weight is 280 g/mol. The van der Waals surface area contributed by atoms with Gasteiger partial charge in [0.15, 0.2) is 0 Å². The highest BCUT2D eigenvalue weighted by Crippen LogP contribution is 2.26. The van der Waals surface area contributed by atoms with E-state index in [-0.39, 0.29) is 6.04 Å². The zero-order valence-corrected chi connectivity index (χ0v) is 11.7. The first-order chi connectivity index (χ1) is 10.2. The van der Waals surface area contributed by atoms with Crippen LogP contribution in [-0.2, 0) is 0 Å². The fraction of sp³-hybridized carbons (Fsp3) is 0.125. The molecule has 106 valence electrons. The monoisotopic (exact) mass is 280 g/mol. The van der Waals surface area contributed by atoms with Crippen molar-refractivity contribution in [3.05, 3.63) is 66.5 Å². The number of benzene rings is 2. The molecule has 5 heteroatoms. The normalized spacial score (nSPS) is 12.1. The Hall–Kier alpha value is -2.66. The Kier molecular flexibility index (Phi) is 3.66. The van der Waals surface area contributed by atoms with Crippen molar-refractivity contribution in [3.63, 3.8) is 0 Å². The fourth-order valence-electron chi connectivity index (χ4n) is 2.05. The second-order valence-electron chi connectivity index (χ2n) is 4.74. The Labute approximate surface area is 123 Å². The van der Waals surface area contributed by atoms with Gasteiger partial charge in [-0.25, -0.2) is 4.68 Å². The zero-order valence-electron chi connectivity index (χ0n) is 11.7. The molecule has 1 heterocycles. The first-order valence-corrected chi connectivity index (χ1v) is 6.73. The summed E-state index contributed by atoms with van der Waals surface area (Å²) < 4.78 is 7.42. The molecule has 1 unspecified atom stereocenters. The predicted molar refractivity (Wildman–Crippen MR) is 80.5 cm³/mol. The number of nitrogens with two attached hydrogens (primary N) is 1. The van der Waals surface area contributed by atoms with E-state index in [1.54, 1.807) is 11.0 Å². The third-order valence-electron chi connectivity index (χ3n) is 3.10. The molecule has 0 aliphatic carbocycles. The summed E-state index contributed by atoms with van der Waals surface area (Å²) in [5.74, 6) is 0.679. The summed E-state index contributed by atoms with van der Waals surface area (Å²) in [7, 11) is 0. The molecule has 2 N–H and O–H groups in total. The summed E-state index contributed by atoms with van der Waals surface area (Å²) >= 11 is 0. The highest BCUT2D eigenvalue weighted by atomic mass is 16.5. The molecule has 1 aromatic heterocycles. The molecule has 3 rings (SSSR count). The fourth-order valence-corrected chi connectivity index (χ4v) is 2.05. The maximum absolute atomic E-state index is 5.94. The molecule has 5 nitrogen and oxygen atoms in total. The smallest absolute Gasteiger partial charge is 0.341 e. The third kappa shape index (κ3) is 2.93. The van der Waals surface area contributed by atoms with Crippen molar-refractivity contribution in [2.45, 2.75) is 13.0 Å². The topological polar surface area (TPSA) is 66.0 Å². The highest BCUT2D eigenvalue weighted by molar-refractivity contribution is 5.37. The summed E-state index contributed by atoms with van der Waals surface area (Å²) in [6.45, 7) is 1.91. The summed E-state index contributed by atoms with van der Waals surface area (Å²) in [5.41, 5.74) is 7.79. The van der Waals surface area contributed by atoms with Gasteiger partial charge < -0.3 is 10.5 Å². The molecule has 0 saturated carbocycles. The van der Waals surface area contributed by atoms with E-state index >= 15 is 0 Å². The second kappa shape index (κ2) is 5.76. The Morgan fingerprint density at radius 3 is 2.52 bits per heavy atom. The van der Waals surface area contributed by atoms with E-state index in [9.17, 15) is 0 Å². The van der Waals surface area contributed by atoms with Crippen molar-refractivity contribution in [1.82, 2.24) is 14.8 Å². The summed E-state index contributed by atoms with van der Waals surface area (Å²) in [6.07, 6.45) is 1.62. The standard InChI is InChI=1S/C16H16N4O/c1-12(17)14-9-5-6-10-15(14)21-16-18-11-20(19-16)13-7-3-2-4-8-13/h2-12H,17H2,1H3. The zero-order chi connectivity index (χ0) is 14.7. The molecule has 21 heavy (non-hydrogen) atoms. The number of rotatable bonds is 4. The van der Waals surface area contributed by atoms with Crippen LogP contribution < -0.4 is 10.5 Å². The Bertz CT molecular complexity index is 722. The molecule has 1 atom stereocenters. The maximum Gasteiger partial charge on any atom is 0.341 e. The molecule has 0 amide bonds. The third-order valence-corrected chi connectivity index (χ3v) is 3.10. The van der Waals surface area contributed by atoms with Crippen LogP contribution in [0.2, 0.25) is 0 Å². The van der Waals surface area contributed by atoms with Crippen LogP contribution in [0.1, 0.15) is 18.5 Å². The highest BCUT2D eigenvalue weighted by Gasteiger charge is 2.11. The van der Waals surface area contributed by atoms with Crippen molar-refractivity contribution in [1.29, 1.82) is 0 Å². The van der Waals surface area contributed by atoms with Gasteiger partial charge in [0.25, 0.3) is 0 Å². The van der Waals surface area contributed by atoms with Crippen LogP contribution in [-0.4, -0.2) is 14.8 Å². The van der Waals surface area contributed by atoms with Crippen molar-refractivity contribution in [3.8, 4) is 17.4 Å². The van der Waals surface area contributed by atoms with Gasteiger partial charge in [0, 0.05) is 11.6 Å². The van der Waals surface area contributed by atoms with Gasteiger partial charge in [-0.2, -0.15) is 4.98 Å². The number of hydrogen-bond acceptors (Lipinski definition) is 4. The van der Waals surface area contributed by atoms with Gasteiger partial charge in [0.1, 0.15) is 12.1 Å². The Balaban J connectivity index is 1.86. The number of para-hydroxylation sites is 2. The van der Waals surface area contributed by atoms with Gasteiger partial charge in [0.2, 0.25) is 0 Å². The lowest BCUT2D eigenvalue weighted by atomic mass is 10.1. The van der Waals surface area contributed by atoms with E-state index in [1.807, 2.05) is 61.5 Å². The minimum absolute atomic E-state index is 0.114. The van der Waals surface area contributed by atoms with Crippen LogP contribution in [0.4, 0.5) is 0 Å². The van der Waals surface area contributed by atoms with E-state index in [1.165, 1.54) is 0 Å². The molecule has 0 fully saturated rings. The van der Waals surface area contributed by atoms with Gasteiger partial charge in [-0.3, -0.25) is 0 Å². The van der Waals surface area contributed by atoms with Gasteiger partial charge in [-0.15, -0.1) is 5.10 Å². The van der Waals surface area contributed by atoms with Crippen LogP contribution in [0.15, 0.2) is 60.9 Å². The average Bonchev–Trinajstić information content (AvgIpc) is 2.97. The van der Waals surface area contributed by atoms with Gasteiger partial charge in [-0.1, -0.05) is 36.4 Å². The first kappa shape index (κ1) is 13.3. The molecule has 0 aliphatic heterocycles. The number of nitrogens with zero attached hydrogens (tertiary/aromatic N) is 3. The SMILES string of the molecule is CC(N)c1ccccc1Oc1ncn(-c2ccccc2)n1. The number of hydrogen-bond donors (Lipinski definition) is 1. The van der Waals surface area contributed by atoms with E-state index in [4.69, 9.17) is 10.5 Å². The van der Waals surface area contributed by atoms with Crippen LogP contribution >= 0.6 is 0 Å². The van der Waals surface area contributed by atoms with Crippen LogP contribution in [0.3, 0.4) is 0 Å². The van der Waals surface area contributed by atoms with Crippen molar-refractivity contribution < 1.29 is 4.74 Å². The lowest BCUT2D eigenvalue weighted by Crippen LogP contribution is -2.06. The van der Waals surface area contributed by atoms with Gasteiger partial charge in [0.05, 0.1) is 5.69 Å². The van der Waals surface area contributed by atoms with Crippen molar-refractivity contribution in [2.75, 3.05) is 0 Å². The molecule has 0 radical (unpaired) electrons. The first-order valence-electron chi connectivity index (χ1n) is 6.73. The van der Waals surface area contributed by atoms with E-state index in [0.29, 0.717) is 11.8 Å². The maximum atomic E-state index is 5.94. The van der Waals surface area contributed by atoms with Crippen LogP contribution in [0, 0.1) is 0 Å².